The Kier molecular flexibility index (Phi) is 7.02. The van der Waals surface area contributed by atoms with Crippen molar-refractivity contribution in [3.63, 3.8) is 0 Å². The first kappa shape index (κ1) is 22.4. The third-order valence-corrected chi connectivity index (χ3v) is 5.94. The molecule has 162 valence electrons. The van der Waals surface area contributed by atoms with Gasteiger partial charge in [-0.05, 0) is 62.7 Å². The van der Waals surface area contributed by atoms with E-state index in [-0.39, 0.29) is 24.1 Å². The van der Waals surface area contributed by atoms with Gasteiger partial charge in [-0.3, -0.25) is 9.59 Å². The second kappa shape index (κ2) is 9.70. The van der Waals surface area contributed by atoms with Gasteiger partial charge in [0.1, 0.15) is 5.82 Å². The van der Waals surface area contributed by atoms with E-state index >= 15 is 0 Å². The molecule has 6 nitrogen and oxygen atoms in total. The summed E-state index contributed by atoms with van der Waals surface area (Å²) in [6.45, 7) is 5.21. The summed E-state index contributed by atoms with van der Waals surface area (Å²) in [4.78, 5) is 37.4. The van der Waals surface area contributed by atoms with E-state index < -0.39 is 5.97 Å². The second-order valence-corrected chi connectivity index (χ2v) is 8.26. The van der Waals surface area contributed by atoms with Gasteiger partial charge in [0, 0.05) is 35.4 Å². The van der Waals surface area contributed by atoms with Gasteiger partial charge in [-0.25, -0.2) is 9.18 Å². The topological polar surface area (TPSA) is 77.4 Å². The van der Waals surface area contributed by atoms with Crippen molar-refractivity contribution in [3.8, 4) is 5.69 Å². The van der Waals surface area contributed by atoms with E-state index in [1.54, 1.807) is 31.2 Å². The maximum Gasteiger partial charge on any atom is 0.340 e. The number of benzene rings is 1. The summed E-state index contributed by atoms with van der Waals surface area (Å²) in [7, 11) is 0. The summed E-state index contributed by atoms with van der Waals surface area (Å²) in [6, 6.07) is 11.2. The zero-order valence-electron chi connectivity index (χ0n) is 17.5. The number of thiophene rings is 1. The van der Waals surface area contributed by atoms with Crippen molar-refractivity contribution in [2.24, 2.45) is 0 Å². The quantitative estimate of drug-likeness (QED) is 0.422. The highest BCUT2D eigenvalue weighted by Gasteiger charge is 2.20. The molecule has 3 aromatic rings. The Labute approximate surface area is 183 Å². The molecule has 0 radical (unpaired) electrons. The number of hydrogen-bond acceptors (Lipinski definition) is 5. The molecule has 3 rings (SSSR count). The molecule has 0 saturated heterocycles. The van der Waals surface area contributed by atoms with Gasteiger partial charge in [0.15, 0.2) is 6.61 Å². The van der Waals surface area contributed by atoms with Crippen LogP contribution in [0.2, 0.25) is 0 Å². The largest absolute Gasteiger partial charge is 0.454 e. The van der Waals surface area contributed by atoms with Crippen LogP contribution in [0.25, 0.3) is 5.69 Å². The summed E-state index contributed by atoms with van der Waals surface area (Å²) in [5.74, 6) is -1.30. The van der Waals surface area contributed by atoms with Crippen LogP contribution in [0.5, 0.6) is 0 Å². The molecule has 2 heterocycles. The van der Waals surface area contributed by atoms with Crippen molar-refractivity contribution in [2.75, 3.05) is 13.2 Å². The molecule has 0 fully saturated rings. The van der Waals surface area contributed by atoms with E-state index in [2.05, 4.69) is 5.32 Å². The van der Waals surface area contributed by atoms with E-state index in [4.69, 9.17) is 4.74 Å². The van der Waals surface area contributed by atoms with Gasteiger partial charge >= 0.3 is 5.97 Å². The zero-order chi connectivity index (χ0) is 22.5. The first-order valence-electron chi connectivity index (χ1n) is 9.74. The number of carbonyl (C=O) groups excluding carboxylic acids is 3. The van der Waals surface area contributed by atoms with E-state index in [1.165, 1.54) is 30.4 Å². The molecule has 1 aromatic carbocycles. The molecule has 1 amide bonds. The molecule has 8 heteroatoms. The van der Waals surface area contributed by atoms with Gasteiger partial charge in [-0.1, -0.05) is 0 Å². The number of aromatic nitrogens is 1. The van der Waals surface area contributed by atoms with Crippen molar-refractivity contribution < 1.29 is 23.5 Å². The average molecular weight is 443 g/mol. The molecule has 31 heavy (non-hydrogen) atoms. The summed E-state index contributed by atoms with van der Waals surface area (Å²) < 4.78 is 20.3. The minimum atomic E-state index is -0.586. The number of rotatable bonds is 8. The monoisotopic (exact) mass is 442 g/mol. The minimum Gasteiger partial charge on any atom is -0.454 e. The molecule has 0 spiro atoms. The van der Waals surface area contributed by atoms with Crippen LogP contribution in [0.4, 0.5) is 4.39 Å². The highest BCUT2D eigenvalue weighted by atomic mass is 32.1. The number of amides is 1. The number of ether oxygens (including phenoxy) is 1. The van der Waals surface area contributed by atoms with E-state index in [0.29, 0.717) is 29.1 Å². The van der Waals surface area contributed by atoms with Crippen LogP contribution in [-0.4, -0.2) is 35.4 Å². The number of halogens is 1. The molecule has 0 unspecified atom stereocenters. The number of nitrogens with zero attached hydrogens (tertiary/aromatic N) is 1. The van der Waals surface area contributed by atoms with Gasteiger partial charge in [-0.15, -0.1) is 11.3 Å². The highest BCUT2D eigenvalue weighted by Crippen LogP contribution is 2.22. The molecule has 0 bridgehead atoms. The number of esters is 1. The number of aryl methyl sites for hydroxylation is 1. The van der Waals surface area contributed by atoms with Crippen molar-refractivity contribution in [1.82, 2.24) is 9.88 Å². The van der Waals surface area contributed by atoms with Crippen LogP contribution in [0, 0.1) is 19.7 Å². The summed E-state index contributed by atoms with van der Waals surface area (Å²) >= 11 is 1.32. The molecule has 0 aliphatic carbocycles. The molecule has 0 atom stereocenters. The van der Waals surface area contributed by atoms with Crippen molar-refractivity contribution in [3.05, 3.63) is 75.0 Å². The summed E-state index contributed by atoms with van der Waals surface area (Å²) in [5.41, 5.74) is 2.54. The second-order valence-electron chi connectivity index (χ2n) is 7.09. The number of hydrogen-bond donors (Lipinski definition) is 1. The van der Waals surface area contributed by atoms with Crippen molar-refractivity contribution >= 4 is 29.0 Å². The van der Waals surface area contributed by atoms with Crippen molar-refractivity contribution in [1.29, 1.82) is 0 Å². The normalized spacial score (nSPS) is 10.7. The minimum absolute atomic E-state index is 0.0986. The van der Waals surface area contributed by atoms with Gasteiger partial charge in [0.2, 0.25) is 11.7 Å². The fourth-order valence-corrected chi connectivity index (χ4v) is 4.19. The highest BCUT2D eigenvalue weighted by molar-refractivity contribution is 7.14. The molecule has 0 aliphatic heterocycles. The Hall–Kier alpha value is -3.26. The van der Waals surface area contributed by atoms with E-state index in [9.17, 15) is 18.8 Å². The molecular formula is C23H23FN2O4S. The van der Waals surface area contributed by atoms with Gasteiger partial charge in [0.05, 0.1) is 10.4 Å². The van der Waals surface area contributed by atoms with Crippen LogP contribution in [0.15, 0.2) is 42.5 Å². The molecular weight excluding hydrogens is 419 g/mol. The summed E-state index contributed by atoms with van der Waals surface area (Å²) in [5, 5.41) is 2.71. The van der Waals surface area contributed by atoms with Gasteiger partial charge in [-0.2, -0.15) is 0 Å². The lowest BCUT2D eigenvalue weighted by Gasteiger charge is -2.10. The number of Topliss-reactive ketones (excluding diaryl/α,β-unsaturated/α-hetero) is 1. The third-order valence-electron chi connectivity index (χ3n) is 4.75. The first-order valence-corrected chi connectivity index (χ1v) is 10.6. The fourth-order valence-electron chi connectivity index (χ4n) is 3.26. The Morgan fingerprint density at radius 3 is 2.48 bits per heavy atom. The first-order chi connectivity index (χ1) is 14.8. The van der Waals surface area contributed by atoms with Crippen molar-refractivity contribution in [2.45, 2.75) is 27.2 Å². The Morgan fingerprint density at radius 2 is 1.81 bits per heavy atom. The number of nitrogens with one attached hydrogen (secondary N) is 1. The van der Waals surface area contributed by atoms with Gasteiger partial charge < -0.3 is 14.6 Å². The number of ketones is 1. The SMILES string of the molecule is CC(=O)NCCc1ccc(C(=O)COC(=O)c2cc(C)n(-c3ccc(F)cc3)c2C)s1. The van der Waals surface area contributed by atoms with E-state index in [1.807, 2.05) is 17.6 Å². The maximum absolute atomic E-state index is 13.2. The predicted molar refractivity (Wildman–Crippen MR) is 117 cm³/mol. The van der Waals surface area contributed by atoms with E-state index in [0.717, 1.165) is 16.3 Å². The molecule has 0 saturated carbocycles. The van der Waals surface area contributed by atoms with Crippen LogP contribution in [0.3, 0.4) is 0 Å². The third kappa shape index (κ3) is 5.46. The Bertz CT molecular complexity index is 1120. The lowest BCUT2D eigenvalue weighted by molar-refractivity contribution is -0.118. The van der Waals surface area contributed by atoms with Crippen LogP contribution < -0.4 is 5.32 Å². The van der Waals surface area contributed by atoms with Gasteiger partial charge in [0.25, 0.3) is 0 Å². The molecule has 1 N–H and O–H groups in total. The Morgan fingerprint density at radius 1 is 1.10 bits per heavy atom. The lowest BCUT2D eigenvalue weighted by atomic mass is 10.2. The van der Waals surface area contributed by atoms with Crippen LogP contribution in [0.1, 0.15) is 43.2 Å². The Balaban J connectivity index is 1.63. The van der Waals surface area contributed by atoms with Crippen LogP contribution in [-0.2, 0) is 16.0 Å². The molecule has 2 aromatic heterocycles. The number of carbonyl (C=O) groups is 3. The zero-order valence-corrected chi connectivity index (χ0v) is 18.3. The maximum atomic E-state index is 13.2. The predicted octanol–water partition coefficient (Wildman–Crippen LogP) is 4.01. The molecule has 0 aliphatic rings. The van der Waals surface area contributed by atoms with Crippen LogP contribution >= 0.6 is 11.3 Å². The summed E-state index contributed by atoms with van der Waals surface area (Å²) in [6.07, 6.45) is 0.632. The average Bonchev–Trinajstić information content (AvgIpc) is 3.31. The standard InChI is InChI=1S/C23H23FN2O4S/c1-14-12-20(15(2)26(14)18-6-4-17(24)5-7-18)23(29)30-13-21(28)22-9-8-19(31-22)10-11-25-16(3)27/h4-9,12H,10-11,13H2,1-3H3,(H,25,27). The lowest BCUT2D eigenvalue weighted by Crippen LogP contribution is -2.22. The fraction of sp³-hybridized carbons (Fsp3) is 0.261. The smallest absolute Gasteiger partial charge is 0.340 e.